The predicted molar refractivity (Wildman–Crippen MR) is 109 cm³/mol. The molecule has 144 valence electrons. The lowest BCUT2D eigenvalue weighted by molar-refractivity contribution is -0.384. The minimum Gasteiger partial charge on any atom is -0.366 e. The van der Waals surface area contributed by atoms with Crippen molar-refractivity contribution in [3.05, 3.63) is 72.6 Å². The molecule has 2 aromatic heterocycles. The Hall–Kier alpha value is -2.93. The molecule has 28 heavy (non-hydrogen) atoms. The van der Waals surface area contributed by atoms with Gasteiger partial charge in [-0.1, -0.05) is 36.7 Å². The van der Waals surface area contributed by atoms with Gasteiger partial charge in [-0.3, -0.25) is 19.5 Å². The van der Waals surface area contributed by atoms with Crippen molar-refractivity contribution in [2.24, 2.45) is 0 Å². The molecule has 0 saturated heterocycles. The van der Waals surface area contributed by atoms with Gasteiger partial charge in [0.15, 0.2) is 5.82 Å². The zero-order valence-corrected chi connectivity index (χ0v) is 16.1. The van der Waals surface area contributed by atoms with Crippen molar-refractivity contribution in [1.82, 2.24) is 9.55 Å². The fraction of sp³-hybridized carbons (Fsp3) is 0.300. The molecular formula is C20H19ClN4O3. The summed E-state index contributed by atoms with van der Waals surface area (Å²) in [6, 6.07) is 9.20. The molecule has 1 N–H and O–H groups in total. The Kier molecular flexibility index (Phi) is 4.77. The van der Waals surface area contributed by atoms with Gasteiger partial charge in [0, 0.05) is 36.5 Å². The van der Waals surface area contributed by atoms with Crippen LogP contribution in [0, 0.1) is 10.1 Å². The number of rotatable bonds is 4. The van der Waals surface area contributed by atoms with Crippen molar-refractivity contribution >= 4 is 34.0 Å². The maximum Gasteiger partial charge on any atom is 0.310 e. The highest BCUT2D eigenvalue weighted by molar-refractivity contribution is 6.30. The van der Waals surface area contributed by atoms with Crippen LogP contribution in [0.25, 0.3) is 10.9 Å². The largest absolute Gasteiger partial charge is 0.366 e. The van der Waals surface area contributed by atoms with E-state index in [1.54, 1.807) is 0 Å². The number of nitrogens with zero attached hydrogens (tertiary/aromatic N) is 3. The maximum absolute atomic E-state index is 12.9. The Labute approximate surface area is 166 Å². The van der Waals surface area contributed by atoms with Crippen LogP contribution in [0.3, 0.4) is 0 Å². The first-order valence-electron chi connectivity index (χ1n) is 9.21. The van der Waals surface area contributed by atoms with Gasteiger partial charge < -0.3 is 5.32 Å². The van der Waals surface area contributed by atoms with E-state index in [1.165, 1.54) is 10.6 Å². The van der Waals surface area contributed by atoms with Gasteiger partial charge >= 0.3 is 5.69 Å². The molecule has 8 heteroatoms. The number of halogens is 1. The van der Waals surface area contributed by atoms with Gasteiger partial charge in [0.25, 0.3) is 5.56 Å². The van der Waals surface area contributed by atoms with Crippen LogP contribution in [0.1, 0.15) is 30.0 Å². The predicted octanol–water partition coefficient (Wildman–Crippen LogP) is 3.93. The Bertz CT molecular complexity index is 1160. The van der Waals surface area contributed by atoms with Crippen molar-refractivity contribution in [3.8, 4) is 0 Å². The van der Waals surface area contributed by atoms with Gasteiger partial charge in [-0.2, -0.15) is 0 Å². The van der Waals surface area contributed by atoms with E-state index in [4.69, 9.17) is 11.6 Å². The summed E-state index contributed by atoms with van der Waals surface area (Å²) < 4.78 is 1.45. The van der Waals surface area contributed by atoms with Crippen molar-refractivity contribution in [3.63, 3.8) is 0 Å². The highest BCUT2D eigenvalue weighted by Crippen LogP contribution is 2.29. The molecular weight excluding hydrogens is 380 g/mol. The normalized spacial score (nSPS) is 13.2. The standard InChI is InChI=1S/C20H19ClN4O3/c1-2-12-5-3-6-13-9-14(18(21)23-17(12)13)10-15-11-16(25(27)28)19-22-7-4-8-24(19)20(15)26/h3,5-6,9,11,22H,2,4,7-8,10H2,1H3. The molecule has 0 atom stereocenters. The minimum atomic E-state index is -0.457. The van der Waals surface area contributed by atoms with Gasteiger partial charge in [-0.15, -0.1) is 0 Å². The van der Waals surface area contributed by atoms with E-state index >= 15 is 0 Å². The number of aromatic nitrogens is 2. The molecule has 0 radical (unpaired) electrons. The first-order valence-corrected chi connectivity index (χ1v) is 9.59. The summed E-state index contributed by atoms with van der Waals surface area (Å²) in [7, 11) is 0. The van der Waals surface area contributed by atoms with Crippen molar-refractivity contribution < 1.29 is 4.92 Å². The van der Waals surface area contributed by atoms with Gasteiger partial charge in [0.1, 0.15) is 5.15 Å². The molecule has 1 aliphatic heterocycles. The van der Waals surface area contributed by atoms with E-state index in [2.05, 4.69) is 17.2 Å². The van der Waals surface area contributed by atoms with Crippen LogP contribution in [-0.4, -0.2) is 21.0 Å². The van der Waals surface area contributed by atoms with Crippen molar-refractivity contribution in [1.29, 1.82) is 0 Å². The second-order valence-electron chi connectivity index (χ2n) is 6.86. The first kappa shape index (κ1) is 18.4. The lowest BCUT2D eigenvalue weighted by atomic mass is 10.0. The number of aryl methyl sites for hydroxylation is 1. The van der Waals surface area contributed by atoms with Crippen LogP contribution in [0.2, 0.25) is 5.15 Å². The number of hydrogen-bond donors (Lipinski definition) is 1. The number of benzene rings is 1. The molecule has 0 amide bonds. The summed E-state index contributed by atoms with van der Waals surface area (Å²) in [6.07, 6.45) is 1.77. The molecule has 0 aliphatic carbocycles. The fourth-order valence-corrected chi connectivity index (χ4v) is 3.92. The smallest absolute Gasteiger partial charge is 0.310 e. The second-order valence-corrected chi connectivity index (χ2v) is 7.21. The molecule has 0 spiro atoms. The lowest BCUT2D eigenvalue weighted by Crippen LogP contribution is -2.32. The molecule has 0 bridgehead atoms. The third-order valence-electron chi connectivity index (χ3n) is 5.11. The van der Waals surface area contributed by atoms with E-state index in [0.717, 1.165) is 29.3 Å². The zero-order valence-electron chi connectivity index (χ0n) is 15.4. The number of nitro groups is 1. The van der Waals surface area contributed by atoms with Gasteiger partial charge in [0.2, 0.25) is 0 Å². The summed E-state index contributed by atoms with van der Waals surface area (Å²) in [5.41, 5.74) is 2.64. The molecule has 0 saturated carbocycles. The van der Waals surface area contributed by atoms with E-state index in [-0.39, 0.29) is 23.5 Å². The summed E-state index contributed by atoms with van der Waals surface area (Å²) in [4.78, 5) is 28.5. The third kappa shape index (κ3) is 3.11. The summed E-state index contributed by atoms with van der Waals surface area (Å²) in [5, 5.41) is 15.7. The van der Waals surface area contributed by atoms with Crippen LogP contribution in [0.5, 0.6) is 0 Å². The molecule has 7 nitrogen and oxygen atoms in total. The highest BCUT2D eigenvalue weighted by atomic mass is 35.5. The highest BCUT2D eigenvalue weighted by Gasteiger charge is 2.25. The molecule has 1 aliphatic rings. The quantitative estimate of drug-likeness (QED) is 0.408. The number of nitrogens with one attached hydrogen (secondary N) is 1. The maximum atomic E-state index is 12.9. The molecule has 3 heterocycles. The molecule has 0 unspecified atom stereocenters. The number of para-hydroxylation sites is 1. The van der Waals surface area contributed by atoms with E-state index in [0.29, 0.717) is 29.4 Å². The Morgan fingerprint density at radius 1 is 1.29 bits per heavy atom. The third-order valence-corrected chi connectivity index (χ3v) is 5.44. The molecule has 4 rings (SSSR count). The lowest BCUT2D eigenvalue weighted by Gasteiger charge is -2.20. The van der Waals surface area contributed by atoms with E-state index in [1.807, 2.05) is 24.3 Å². The van der Waals surface area contributed by atoms with Gasteiger partial charge in [0.05, 0.1) is 10.4 Å². The second kappa shape index (κ2) is 7.24. The monoisotopic (exact) mass is 398 g/mol. The van der Waals surface area contributed by atoms with Crippen LogP contribution in [0.4, 0.5) is 11.5 Å². The topological polar surface area (TPSA) is 90.1 Å². The minimum absolute atomic E-state index is 0.0903. The number of fused-ring (bicyclic) bond motifs is 2. The average Bonchev–Trinajstić information content (AvgIpc) is 2.70. The first-order chi connectivity index (χ1) is 13.5. The Morgan fingerprint density at radius 2 is 2.11 bits per heavy atom. The van der Waals surface area contributed by atoms with E-state index < -0.39 is 4.92 Å². The van der Waals surface area contributed by atoms with Crippen LogP contribution >= 0.6 is 11.6 Å². The fourth-order valence-electron chi connectivity index (χ4n) is 3.71. The summed E-state index contributed by atoms with van der Waals surface area (Å²) in [5.74, 6) is 0.278. The summed E-state index contributed by atoms with van der Waals surface area (Å²) >= 11 is 6.41. The number of hydrogen-bond acceptors (Lipinski definition) is 5. The zero-order chi connectivity index (χ0) is 19.8. The van der Waals surface area contributed by atoms with Crippen molar-refractivity contribution in [2.75, 3.05) is 11.9 Å². The molecule has 0 fully saturated rings. The Morgan fingerprint density at radius 3 is 2.86 bits per heavy atom. The van der Waals surface area contributed by atoms with Crippen LogP contribution < -0.4 is 10.9 Å². The number of anilines is 1. The van der Waals surface area contributed by atoms with Gasteiger partial charge in [-0.05, 0) is 30.0 Å². The van der Waals surface area contributed by atoms with Crippen molar-refractivity contribution in [2.45, 2.75) is 32.7 Å². The number of pyridine rings is 2. The SMILES string of the molecule is CCc1cccc2cc(Cc3cc([N+](=O)[O-])c4n(c3=O)CCCN4)c(Cl)nc12. The van der Waals surface area contributed by atoms with Crippen LogP contribution in [0.15, 0.2) is 35.1 Å². The molecule has 3 aromatic rings. The Balaban J connectivity index is 1.83. The summed E-state index contributed by atoms with van der Waals surface area (Å²) in [6.45, 7) is 3.12. The molecule has 1 aromatic carbocycles. The van der Waals surface area contributed by atoms with E-state index in [9.17, 15) is 14.9 Å². The average molecular weight is 399 g/mol. The van der Waals surface area contributed by atoms with Crippen LogP contribution in [-0.2, 0) is 19.4 Å². The van der Waals surface area contributed by atoms with Gasteiger partial charge in [-0.25, -0.2) is 4.98 Å².